The molecule has 1 saturated heterocycles. The molecule has 158 valence electrons. The number of hydrogen-bond acceptors (Lipinski definition) is 4. The maximum atomic E-state index is 11.7. The van der Waals surface area contributed by atoms with E-state index in [1.807, 2.05) is 12.1 Å². The van der Waals surface area contributed by atoms with Crippen LogP contribution >= 0.6 is 11.6 Å². The van der Waals surface area contributed by atoms with E-state index in [-0.39, 0.29) is 18.1 Å². The molecule has 0 radical (unpaired) electrons. The number of rotatable bonds is 4. The first-order valence-corrected chi connectivity index (χ1v) is 11.3. The van der Waals surface area contributed by atoms with Crippen LogP contribution in [0.3, 0.4) is 0 Å². The van der Waals surface area contributed by atoms with Gasteiger partial charge in [-0.3, -0.25) is 4.79 Å². The monoisotopic (exact) mass is 425 g/mol. The van der Waals surface area contributed by atoms with Crippen LogP contribution in [0.25, 0.3) is 0 Å². The highest BCUT2D eigenvalue weighted by Gasteiger charge is 2.36. The highest BCUT2D eigenvalue weighted by atomic mass is 35.5. The van der Waals surface area contributed by atoms with E-state index >= 15 is 0 Å². The molecule has 3 aliphatic rings. The predicted molar refractivity (Wildman–Crippen MR) is 119 cm³/mol. The number of halogens is 1. The standard InChI is InChI=1S/C24H28ClN3O2/c25-20-12-21-16(7-8-23(29)27-21)11-22(20)30-24-17(10-15-4-1-2-6-19(15)24)13-28-9-3-5-18(26)14-28/h1-2,4,6,11-12,17-18,24H,3,5,7-10,13-14,26H2,(H,27,29)/t17-,18+,24-/m0/s1. The van der Waals surface area contributed by atoms with Crippen molar-refractivity contribution in [3.63, 3.8) is 0 Å². The van der Waals surface area contributed by atoms with Crippen LogP contribution in [0.2, 0.25) is 5.02 Å². The Kier molecular flexibility index (Phi) is 5.44. The molecule has 0 aromatic heterocycles. The highest BCUT2D eigenvalue weighted by molar-refractivity contribution is 6.32. The number of anilines is 1. The quantitative estimate of drug-likeness (QED) is 0.778. The Morgan fingerprint density at radius 1 is 1.20 bits per heavy atom. The second-order valence-corrected chi connectivity index (χ2v) is 9.26. The summed E-state index contributed by atoms with van der Waals surface area (Å²) in [5, 5.41) is 3.45. The zero-order valence-corrected chi connectivity index (χ0v) is 17.8. The first-order chi connectivity index (χ1) is 14.6. The van der Waals surface area contributed by atoms with Crippen LogP contribution in [0.15, 0.2) is 36.4 Å². The molecule has 6 heteroatoms. The maximum Gasteiger partial charge on any atom is 0.224 e. The largest absolute Gasteiger partial charge is 0.484 e. The van der Waals surface area contributed by atoms with Crippen molar-refractivity contribution in [3.05, 3.63) is 58.1 Å². The average molecular weight is 426 g/mol. The van der Waals surface area contributed by atoms with Crippen molar-refractivity contribution in [1.29, 1.82) is 0 Å². The minimum Gasteiger partial charge on any atom is -0.484 e. The van der Waals surface area contributed by atoms with Crippen molar-refractivity contribution in [2.45, 2.75) is 44.2 Å². The van der Waals surface area contributed by atoms with Crippen LogP contribution in [0.4, 0.5) is 5.69 Å². The number of amides is 1. The Labute approximate surface area is 182 Å². The predicted octanol–water partition coefficient (Wildman–Crippen LogP) is 3.94. The minimum atomic E-state index is -0.0342. The fourth-order valence-corrected chi connectivity index (χ4v) is 5.36. The molecule has 2 aromatic carbocycles. The number of ether oxygens (including phenoxy) is 1. The Morgan fingerprint density at radius 2 is 2.07 bits per heavy atom. The van der Waals surface area contributed by atoms with Crippen LogP contribution in [-0.2, 0) is 17.6 Å². The van der Waals surface area contributed by atoms with Gasteiger partial charge in [-0.15, -0.1) is 0 Å². The molecule has 2 heterocycles. The zero-order chi connectivity index (χ0) is 20.7. The fourth-order valence-electron chi connectivity index (χ4n) is 5.16. The molecule has 0 saturated carbocycles. The summed E-state index contributed by atoms with van der Waals surface area (Å²) in [6.07, 6.45) is 4.46. The summed E-state index contributed by atoms with van der Waals surface area (Å²) in [5.74, 6) is 1.10. The first kappa shape index (κ1) is 19.9. The number of nitrogens with two attached hydrogens (primary N) is 1. The number of carbonyl (C=O) groups excluding carboxylic acids is 1. The number of benzene rings is 2. The van der Waals surface area contributed by atoms with Gasteiger partial charge in [0.25, 0.3) is 0 Å². The van der Waals surface area contributed by atoms with Gasteiger partial charge in [-0.05, 0) is 61.1 Å². The molecule has 2 aromatic rings. The second kappa shape index (κ2) is 8.22. The molecule has 0 bridgehead atoms. The molecule has 5 rings (SSSR count). The summed E-state index contributed by atoms with van der Waals surface area (Å²) in [7, 11) is 0. The van der Waals surface area contributed by atoms with E-state index in [9.17, 15) is 4.79 Å². The van der Waals surface area contributed by atoms with Crippen molar-refractivity contribution in [3.8, 4) is 5.75 Å². The lowest BCUT2D eigenvalue weighted by Gasteiger charge is -2.34. The average Bonchev–Trinajstić information content (AvgIpc) is 3.06. The maximum absolute atomic E-state index is 11.7. The van der Waals surface area contributed by atoms with Gasteiger partial charge >= 0.3 is 0 Å². The molecule has 30 heavy (non-hydrogen) atoms. The van der Waals surface area contributed by atoms with Crippen molar-refractivity contribution in [1.82, 2.24) is 4.90 Å². The smallest absolute Gasteiger partial charge is 0.224 e. The third-order valence-electron chi connectivity index (χ3n) is 6.61. The SMILES string of the molecule is N[C@@H]1CCCN(C[C@@H]2Cc3ccccc3[C@H]2Oc2cc3c(cc2Cl)NC(=O)CC3)C1. The Hall–Kier alpha value is -2.08. The van der Waals surface area contributed by atoms with Gasteiger partial charge in [-0.1, -0.05) is 35.9 Å². The topological polar surface area (TPSA) is 67.6 Å². The van der Waals surface area contributed by atoms with Crippen molar-refractivity contribution in [2.24, 2.45) is 11.7 Å². The number of hydrogen-bond donors (Lipinski definition) is 2. The molecule has 1 fully saturated rings. The van der Waals surface area contributed by atoms with E-state index in [2.05, 4.69) is 34.5 Å². The molecule has 0 spiro atoms. The number of likely N-dealkylation sites (tertiary alicyclic amines) is 1. The third kappa shape index (κ3) is 3.94. The lowest BCUT2D eigenvalue weighted by Crippen LogP contribution is -2.45. The van der Waals surface area contributed by atoms with E-state index in [1.54, 1.807) is 0 Å². The minimum absolute atomic E-state index is 0.0342. The molecular formula is C24H28ClN3O2. The van der Waals surface area contributed by atoms with Gasteiger partial charge in [0.2, 0.25) is 5.91 Å². The highest BCUT2D eigenvalue weighted by Crippen LogP contribution is 2.43. The molecular weight excluding hydrogens is 398 g/mol. The van der Waals surface area contributed by atoms with Crippen LogP contribution in [0, 0.1) is 5.92 Å². The summed E-state index contributed by atoms with van der Waals surface area (Å²) in [6.45, 7) is 3.04. The summed E-state index contributed by atoms with van der Waals surface area (Å²) in [6, 6.07) is 12.7. The summed E-state index contributed by atoms with van der Waals surface area (Å²) in [5.41, 5.74) is 10.7. The van der Waals surface area contributed by atoms with Gasteiger partial charge in [0.1, 0.15) is 11.9 Å². The number of nitrogens with zero attached hydrogens (tertiary/aromatic N) is 1. The summed E-state index contributed by atoms with van der Waals surface area (Å²) in [4.78, 5) is 14.2. The molecule has 3 atom stereocenters. The number of fused-ring (bicyclic) bond motifs is 2. The molecule has 0 unspecified atom stereocenters. The van der Waals surface area contributed by atoms with E-state index in [0.29, 0.717) is 29.5 Å². The zero-order valence-electron chi connectivity index (χ0n) is 17.1. The summed E-state index contributed by atoms with van der Waals surface area (Å²) < 4.78 is 6.60. The lowest BCUT2D eigenvalue weighted by atomic mass is 9.99. The molecule has 2 aliphatic heterocycles. The Balaban J connectivity index is 1.41. The molecule has 1 amide bonds. The number of aryl methyl sites for hydroxylation is 1. The van der Waals surface area contributed by atoms with Gasteiger partial charge in [-0.25, -0.2) is 0 Å². The van der Waals surface area contributed by atoms with E-state index in [1.165, 1.54) is 11.1 Å². The van der Waals surface area contributed by atoms with E-state index in [4.69, 9.17) is 22.1 Å². The summed E-state index contributed by atoms with van der Waals surface area (Å²) >= 11 is 6.57. The van der Waals surface area contributed by atoms with E-state index < -0.39 is 0 Å². The van der Waals surface area contributed by atoms with Crippen molar-refractivity contribution >= 4 is 23.2 Å². The Morgan fingerprint density at radius 3 is 2.93 bits per heavy atom. The number of carbonyl (C=O) groups is 1. The fraction of sp³-hybridized carbons (Fsp3) is 0.458. The lowest BCUT2D eigenvalue weighted by molar-refractivity contribution is -0.116. The molecule has 1 aliphatic carbocycles. The second-order valence-electron chi connectivity index (χ2n) is 8.85. The van der Waals surface area contributed by atoms with E-state index in [0.717, 1.165) is 50.1 Å². The molecule has 3 N–H and O–H groups in total. The Bertz CT molecular complexity index is 963. The number of piperidine rings is 1. The van der Waals surface area contributed by atoms with Gasteiger partial charge in [-0.2, -0.15) is 0 Å². The van der Waals surface area contributed by atoms with Crippen LogP contribution < -0.4 is 15.8 Å². The van der Waals surface area contributed by atoms with Crippen LogP contribution in [0.1, 0.15) is 42.1 Å². The van der Waals surface area contributed by atoms with Gasteiger partial charge in [0.05, 0.1) is 5.02 Å². The van der Waals surface area contributed by atoms with Gasteiger partial charge in [0.15, 0.2) is 0 Å². The van der Waals surface area contributed by atoms with Crippen LogP contribution in [0.5, 0.6) is 5.75 Å². The van der Waals surface area contributed by atoms with Crippen molar-refractivity contribution < 1.29 is 9.53 Å². The van der Waals surface area contributed by atoms with Gasteiger partial charge < -0.3 is 20.7 Å². The van der Waals surface area contributed by atoms with Crippen LogP contribution in [-0.4, -0.2) is 36.5 Å². The van der Waals surface area contributed by atoms with Crippen molar-refractivity contribution in [2.75, 3.05) is 25.0 Å². The normalized spacial score (nSPS) is 26.1. The third-order valence-corrected chi connectivity index (χ3v) is 6.91. The number of nitrogens with one attached hydrogen (secondary N) is 1. The van der Waals surface area contributed by atoms with Gasteiger partial charge in [0, 0.05) is 37.2 Å². The first-order valence-electron chi connectivity index (χ1n) is 10.9. The molecule has 5 nitrogen and oxygen atoms in total.